The van der Waals surface area contributed by atoms with Crippen LogP contribution in [0.4, 0.5) is 0 Å². The van der Waals surface area contributed by atoms with Crippen molar-refractivity contribution in [3.05, 3.63) is 62.3 Å². The predicted molar refractivity (Wildman–Crippen MR) is 90.7 cm³/mol. The van der Waals surface area contributed by atoms with E-state index in [1.165, 1.54) is 0 Å². The zero-order valence-electron chi connectivity index (χ0n) is 13.4. The lowest BCUT2D eigenvalue weighted by molar-refractivity contribution is -0.121. The summed E-state index contributed by atoms with van der Waals surface area (Å²) in [6.45, 7) is 5.39. The molecule has 0 aliphatic heterocycles. The Kier molecular flexibility index (Phi) is 5.55. The fourth-order valence-electron chi connectivity index (χ4n) is 2.50. The molecule has 2 aromatic rings. The van der Waals surface area contributed by atoms with E-state index >= 15 is 0 Å². The van der Waals surface area contributed by atoms with Gasteiger partial charge in [-0.3, -0.25) is 9.59 Å². The van der Waals surface area contributed by atoms with Gasteiger partial charge in [0.15, 0.2) is 0 Å². The molecule has 0 radical (unpaired) electrons. The summed E-state index contributed by atoms with van der Waals surface area (Å²) in [7, 11) is 0. The molecule has 2 N–H and O–H groups in total. The summed E-state index contributed by atoms with van der Waals surface area (Å²) < 4.78 is 0. The standard InChI is InChI=1S/C17H20ClN3O2/c1-10(13-6-4-5-7-15(13)18)20-16(22)9-8-14-11(2)19-12(3)21-17(14)23/h4-7,10H,8-9H2,1-3H3,(H,20,22)(H,19,21,23). The Labute approximate surface area is 140 Å². The van der Waals surface area contributed by atoms with E-state index < -0.39 is 0 Å². The summed E-state index contributed by atoms with van der Waals surface area (Å²) in [5.74, 6) is 0.449. The van der Waals surface area contributed by atoms with Crippen LogP contribution >= 0.6 is 11.6 Å². The highest BCUT2D eigenvalue weighted by Crippen LogP contribution is 2.22. The molecule has 2 rings (SSSR count). The van der Waals surface area contributed by atoms with Crippen LogP contribution in [0.2, 0.25) is 5.02 Å². The molecule has 23 heavy (non-hydrogen) atoms. The first-order valence-electron chi connectivity index (χ1n) is 7.48. The van der Waals surface area contributed by atoms with E-state index in [-0.39, 0.29) is 23.9 Å². The number of nitrogens with zero attached hydrogens (tertiary/aromatic N) is 1. The van der Waals surface area contributed by atoms with Gasteiger partial charge < -0.3 is 10.3 Å². The number of carbonyl (C=O) groups is 1. The average molecular weight is 334 g/mol. The molecule has 1 aromatic carbocycles. The van der Waals surface area contributed by atoms with Crippen molar-refractivity contribution in [3.8, 4) is 0 Å². The second-order valence-electron chi connectivity index (χ2n) is 5.53. The van der Waals surface area contributed by atoms with E-state index in [4.69, 9.17) is 11.6 Å². The van der Waals surface area contributed by atoms with Gasteiger partial charge in [0.1, 0.15) is 5.82 Å². The van der Waals surface area contributed by atoms with Crippen molar-refractivity contribution >= 4 is 17.5 Å². The van der Waals surface area contributed by atoms with Gasteiger partial charge in [0.25, 0.3) is 5.56 Å². The van der Waals surface area contributed by atoms with Crippen molar-refractivity contribution in [3.63, 3.8) is 0 Å². The summed E-state index contributed by atoms with van der Waals surface area (Å²) in [5.41, 5.74) is 1.91. The maximum atomic E-state index is 12.1. The van der Waals surface area contributed by atoms with E-state index in [1.54, 1.807) is 19.9 Å². The number of carbonyl (C=O) groups excluding carboxylic acids is 1. The number of aromatic nitrogens is 2. The third-order valence-corrected chi connectivity index (χ3v) is 4.04. The number of aryl methyl sites for hydroxylation is 2. The maximum Gasteiger partial charge on any atom is 0.254 e. The van der Waals surface area contributed by atoms with Crippen LogP contribution in [0.3, 0.4) is 0 Å². The third kappa shape index (κ3) is 4.42. The van der Waals surface area contributed by atoms with Crippen LogP contribution < -0.4 is 10.9 Å². The second-order valence-corrected chi connectivity index (χ2v) is 5.93. The van der Waals surface area contributed by atoms with Crippen LogP contribution in [-0.2, 0) is 11.2 Å². The van der Waals surface area contributed by atoms with Crippen LogP contribution in [0.1, 0.15) is 42.0 Å². The molecule has 0 bridgehead atoms. The van der Waals surface area contributed by atoms with Crippen molar-refractivity contribution in [2.75, 3.05) is 0 Å². The number of halogens is 1. The topological polar surface area (TPSA) is 74.8 Å². The lowest BCUT2D eigenvalue weighted by atomic mass is 10.1. The number of H-pyrrole nitrogens is 1. The van der Waals surface area contributed by atoms with Crippen molar-refractivity contribution in [1.29, 1.82) is 0 Å². The summed E-state index contributed by atoms with van der Waals surface area (Å²) in [6.07, 6.45) is 0.582. The molecule has 1 unspecified atom stereocenters. The van der Waals surface area contributed by atoms with Gasteiger partial charge in [0.05, 0.1) is 6.04 Å². The number of rotatable bonds is 5. The average Bonchev–Trinajstić information content (AvgIpc) is 2.46. The van der Waals surface area contributed by atoms with Crippen LogP contribution in [0.15, 0.2) is 29.1 Å². The van der Waals surface area contributed by atoms with Gasteiger partial charge in [-0.25, -0.2) is 4.98 Å². The minimum atomic E-state index is -0.188. The molecular formula is C17H20ClN3O2. The highest BCUT2D eigenvalue weighted by molar-refractivity contribution is 6.31. The second kappa shape index (κ2) is 7.42. The number of benzene rings is 1. The lowest BCUT2D eigenvalue weighted by Gasteiger charge is -2.15. The Hall–Kier alpha value is -2.14. The molecule has 122 valence electrons. The Morgan fingerprint density at radius 2 is 2.04 bits per heavy atom. The van der Waals surface area contributed by atoms with Crippen LogP contribution in [-0.4, -0.2) is 15.9 Å². The molecule has 0 saturated heterocycles. The first-order chi connectivity index (χ1) is 10.9. The highest BCUT2D eigenvalue weighted by Gasteiger charge is 2.14. The molecule has 0 spiro atoms. The zero-order valence-corrected chi connectivity index (χ0v) is 14.2. The molecule has 0 aliphatic carbocycles. The molecule has 0 aliphatic rings. The van der Waals surface area contributed by atoms with Gasteiger partial charge in [-0.05, 0) is 38.8 Å². The first kappa shape index (κ1) is 17.2. The minimum Gasteiger partial charge on any atom is -0.350 e. The molecule has 5 nitrogen and oxygen atoms in total. The third-order valence-electron chi connectivity index (χ3n) is 3.69. The normalized spacial score (nSPS) is 12.0. The number of hydrogen-bond acceptors (Lipinski definition) is 3. The van der Waals surface area contributed by atoms with Gasteiger partial charge in [-0.1, -0.05) is 29.8 Å². The minimum absolute atomic E-state index is 0.128. The molecule has 6 heteroatoms. The van der Waals surface area contributed by atoms with E-state index in [9.17, 15) is 9.59 Å². The SMILES string of the molecule is Cc1nc(C)c(CCC(=O)NC(C)c2ccccc2Cl)c(=O)[nH]1. The van der Waals surface area contributed by atoms with Crippen molar-refractivity contribution in [1.82, 2.24) is 15.3 Å². The van der Waals surface area contributed by atoms with E-state index in [0.29, 0.717) is 28.5 Å². The molecule has 1 aromatic heterocycles. The Morgan fingerprint density at radius 3 is 2.70 bits per heavy atom. The van der Waals surface area contributed by atoms with Crippen molar-refractivity contribution < 1.29 is 4.79 Å². The Balaban J connectivity index is 1.99. The Bertz CT molecular complexity index is 771. The first-order valence-corrected chi connectivity index (χ1v) is 7.86. The number of aromatic amines is 1. The van der Waals surface area contributed by atoms with Gasteiger partial charge in [-0.2, -0.15) is 0 Å². The molecule has 0 saturated carbocycles. The molecule has 0 fully saturated rings. The number of amides is 1. The largest absolute Gasteiger partial charge is 0.350 e. The van der Waals surface area contributed by atoms with E-state index in [2.05, 4.69) is 15.3 Å². The predicted octanol–water partition coefficient (Wildman–Crippen LogP) is 2.85. The number of hydrogen-bond donors (Lipinski definition) is 2. The van der Waals surface area contributed by atoms with Crippen molar-refractivity contribution in [2.45, 2.75) is 39.7 Å². The van der Waals surface area contributed by atoms with E-state index in [1.807, 2.05) is 25.1 Å². The monoisotopic (exact) mass is 333 g/mol. The Morgan fingerprint density at radius 1 is 1.35 bits per heavy atom. The van der Waals surface area contributed by atoms with Gasteiger partial charge in [-0.15, -0.1) is 0 Å². The molecule has 1 atom stereocenters. The quantitative estimate of drug-likeness (QED) is 0.883. The fourth-order valence-corrected chi connectivity index (χ4v) is 2.80. The van der Waals surface area contributed by atoms with E-state index in [0.717, 1.165) is 5.56 Å². The van der Waals surface area contributed by atoms with Crippen LogP contribution in [0.25, 0.3) is 0 Å². The smallest absolute Gasteiger partial charge is 0.254 e. The zero-order chi connectivity index (χ0) is 17.0. The number of nitrogens with one attached hydrogen (secondary N) is 2. The fraction of sp³-hybridized carbons (Fsp3) is 0.353. The summed E-state index contributed by atoms with van der Waals surface area (Å²) in [4.78, 5) is 30.9. The summed E-state index contributed by atoms with van der Waals surface area (Å²) >= 11 is 6.13. The van der Waals surface area contributed by atoms with Gasteiger partial charge >= 0.3 is 0 Å². The van der Waals surface area contributed by atoms with Gasteiger partial charge in [0, 0.05) is 22.7 Å². The van der Waals surface area contributed by atoms with Crippen LogP contribution in [0, 0.1) is 13.8 Å². The maximum absolute atomic E-state index is 12.1. The molecular weight excluding hydrogens is 314 g/mol. The van der Waals surface area contributed by atoms with Crippen molar-refractivity contribution in [2.24, 2.45) is 0 Å². The lowest BCUT2D eigenvalue weighted by Crippen LogP contribution is -2.28. The highest BCUT2D eigenvalue weighted by atomic mass is 35.5. The summed E-state index contributed by atoms with van der Waals surface area (Å²) in [5, 5.41) is 3.52. The van der Waals surface area contributed by atoms with Gasteiger partial charge in [0.2, 0.25) is 5.91 Å². The molecule has 1 amide bonds. The van der Waals surface area contributed by atoms with Crippen LogP contribution in [0.5, 0.6) is 0 Å². The summed E-state index contributed by atoms with van der Waals surface area (Å²) in [6, 6.07) is 7.21. The molecule has 1 heterocycles.